The lowest BCUT2D eigenvalue weighted by molar-refractivity contribution is -0.136. The molecule has 0 radical (unpaired) electrons. The topological polar surface area (TPSA) is 87.7 Å². The van der Waals surface area contributed by atoms with Crippen LogP contribution >= 0.6 is 11.8 Å². The number of nitrogens with zero attached hydrogens (tertiary/aromatic N) is 1. The van der Waals surface area contributed by atoms with Gasteiger partial charge in [-0.1, -0.05) is 6.07 Å². The molecule has 27 heavy (non-hydrogen) atoms. The quantitative estimate of drug-likeness (QED) is 0.660. The SMILES string of the molecule is COC(CCSC)CNC(=O)C(=O)Nc1cccc(N2CCCCC2=O)c1. The lowest BCUT2D eigenvalue weighted by Crippen LogP contribution is -2.40. The summed E-state index contributed by atoms with van der Waals surface area (Å²) in [5.41, 5.74) is 1.21. The molecule has 1 aliphatic heterocycles. The lowest BCUT2D eigenvalue weighted by Gasteiger charge is -2.27. The van der Waals surface area contributed by atoms with E-state index in [9.17, 15) is 14.4 Å². The Morgan fingerprint density at radius 1 is 1.30 bits per heavy atom. The number of benzene rings is 1. The van der Waals surface area contributed by atoms with Crippen LogP contribution in [-0.2, 0) is 19.1 Å². The zero-order chi connectivity index (χ0) is 19.6. The van der Waals surface area contributed by atoms with Gasteiger partial charge in [0.25, 0.3) is 0 Å². The highest BCUT2D eigenvalue weighted by atomic mass is 32.2. The molecule has 1 heterocycles. The Hall–Kier alpha value is -2.06. The van der Waals surface area contributed by atoms with Crippen LogP contribution < -0.4 is 15.5 Å². The molecule has 148 valence electrons. The fraction of sp³-hybridized carbons (Fsp3) is 0.526. The first-order valence-corrected chi connectivity index (χ1v) is 10.5. The van der Waals surface area contributed by atoms with Crippen molar-refractivity contribution in [2.24, 2.45) is 0 Å². The monoisotopic (exact) mass is 393 g/mol. The molecular formula is C19H27N3O4S. The summed E-state index contributed by atoms with van der Waals surface area (Å²) >= 11 is 1.70. The first-order valence-electron chi connectivity index (χ1n) is 9.06. The van der Waals surface area contributed by atoms with E-state index in [0.717, 1.165) is 30.7 Å². The number of hydrogen-bond donors (Lipinski definition) is 2. The minimum atomic E-state index is -0.739. The molecule has 1 fully saturated rings. The van der Waals surface area contributed by atoms with Crippen molar-refractivity contribution in [3.63, 3.8) is 0 Å². The van der Waals surface area contributed by atoms with Crippen LogP contribution in [-0.4, -0.2) is 56.0 Å². The van der Waals surface area contributed by atoms with Crippen LogP contribution in [0.3, 0.4) is 0 Å². The molecular weight excluding hydrogens is 366 g/mol. The highest BCUT2D eigenvalue weighted by Gasteiger charge is 2.20. The zero-order valence-electron chi connectivity index (χ0n) is 15.8. The molecule has 0 spiro atoms. The first-order chi connectivity index (χ1) is 13.0. The maximum atomic E-state index is 12.1. The molecule has 1 aromatic carbocycles. The minimum absolute atomic E-state index is 0.0818. The number of rotatable bonds is 8. The minimum Gasteiger partial charge on any atom is -0.380 e. The summed E-state index contributed by atoms with van der Waals surface area (Å²) in [4.78, 5) is 37.9. The van der Waals surface area contributed by atoms with E-state index in [4.69, 9.17) is 4.74 Å². The predicted octanol–water partition coefficient (Wildman–Crippen LogP) is 2.03. The number of amides is 3. The van der Waals surface area contributed by atoms with E-state index in [1.165, 1.54) is 0 Å². The number of methoxy groups -OCH3 is 1. The Labute approximate surface area is 164 Å². The zero-order valence-corrected chi connectivity index (χ0v) is 16.6. The van der Waals surface area contributed by atoms with Gasteiger partial charge in [0.1, 0.15) is 0 Å². The molecule has 1 atom stereocenters. The van der Waals surface area contributed by atoms with E-state index in [-0.39, 0.29) is 18.6 Å². The Bertz CT molecular complexity index is 668. The molecule has 2 N–H and O–H groups in total. The highest BCUT2D eigenvalue weighted by Crippen LogP contribution is 2.23. The van der Waals surface area contributed by atoms with Crippen LogP contribution in [0.5, 0.6) is 0 Å². The third-order valence-electron chi connectivity index (χ3n) is 4.41. The third kappa shape index (κ3) is 6.55. The second-order valence-corrected chi connectivity index (χ2v) is 7.34. The van der Waals surface area contributed by atoms with E-state index in [1.807, 2.05) is 12.3 Å². The van der Waals surface area contributed by atoms with E-state index < -0.39 is 11.8 Å². The van der Waals surface area contributed by atoms with Crippen LogP contribution in [0, 0.1) is 0 Å². The highest BCUT2D eigenvalue weighted by molar-refractivity contribution is 7.98. The Kier molecular flexibility index (Phi) is 8.60. The Balaban J connectivity index is 1.90. The number of thioether (sulfide) groups is 1. The molecule has 0 bridgehead atoms. The van der Waals surface area contributed by atoms with Crippen molar-refractivity contribution in [1.82, 2.24) is 5.32 Å². The van der Waals surface area contributed by atoms with E-state index >= 15 is 0 Å². The fourth-order valence-electron chi connectivity index (χ4n) is 2.86. The number of carbonyl (C=O) groups excluding carboxylic acids is 3. The van der Waals surface area contributed by atoms with Gasteiger partial charge >= 0.3 is 11.8 Å². The molecule has 1 aliphatic rings. The number of ether oxygens (including phenoxy) is 1. The van der Waals surface area contributed by atoms with Crippen molar-refractivity contribution in [1.29, 1.82) is 0 Å². The maximum Gasteiger partial charge on any atom is 0.313 e. The number of hydrogen-bond acceptors (Lipinski definition) is 5. The van der Waals surface area contributed by atoms with Gasteiger partial charge in [0.05, 0.1) is 6.10 Å². The standard InChI is InChI=1S/C19H27N3O4S/c1-26-16(9-11-27-2)13-20-18(24)19(25)21-14-6-5-7-15(12-14)22-10-4-3-8-17(22)23/h5-7,12,16H,3-4,8-11,13H2,1-2H3,(H,20,24)(H,21,25). The van der Waals surface area contributed by atoms with Crippen LogP contribution in [0.4, 0.5) is 11.4 Å². The van der Waals surface area contributed by atoms with E-state index in [1.54, 1.807) is 42.0 Å². The second-order valence-electron chi connectivity index (χ2n) is 6.36. The maximum absolute atomic E-state index is 12.1. The fourth-order valence-corrected chi connectivity index (χ4v) is 3.36. The Morgan fingerprint density at radius 3 is 2.81 bits per heavy atom. The van der Waals surface area contributed by atoms with Gasteiger partial charge in [-0.15, -0.1) is 0 Å². The molecule has 0 aromatic heterocycles. The predicted molar refractivity (Wildman–Crippen MR) is 108 cm³/mol. The van der Waals surface area contributed by atoms with Crippen molar-refractivity contribution in [2.45, 2.75) is 31.8 Å². The van der Waals surface area contributed by atoms with E-state index in [2.05, 4.69) is 10.6 Å². The van der Waals surface area contributed by atoms with Crippen LogP contribution in [0.2, 0.25) is 0 Å². The van der Waals surface area contributed by atoms with Gasteiger partial charge in [-0.25, -0.2) is 0 Å². The number of nitrogens with one attached hydrogen (secondary N) is 2. The lowest BCUT2D eigenvalue weighted by atomic mass is 10.1. The third-order valence-corrected chi connectivity index (χ3v) is 5.06. The van der Waals surface area contributed by atoms with Crippen LogP contribution in [0.1, 0.15) is 25.7 Å². The largest absolute Gasteiger partial charge is 0.380 e. The van der Waals surface area contributed by atoms with Crippen molar-refractivity contribution < 1.29 is 19.1 Å². The molecule has 8 heteroatoms. The van der Waals surface area contributed by atoms with Gasteiger partial charge in [-0.05, 0) is 49.5 Å². The molecule has 1 aromatic rings. The molecule has 0 saturated carbocycles. The average Bonchev–Trinajstić information content (AvgIpc) is 2.68. The van der Waals surface area contributed by atoms with Gasteiger partial charge in [-0.2, -0.15) is 11.8 Å². The summed E-state index contributed by atoms with van der Waals surface area (Å²) in [6.45, 7) is 0.955. The van der Waals surface area contributed by atoms with Crippen molar-refractivity contribution in [2.75, 3.05) is 42.4 Å². The van der Waals surface area contributed by atoms with Gasteiger partial charge in [0, 0.05) is 38.0 Å². The molecule has 3 amide bonds. The normalized spacial score (nSPS) is 15.3. The molecule has 1 unspecified atom stereocenters. The van der Waals surface area contributed by atoms with Crippen molar-refractivity contribution in [3.8, 4) is 0 Å². The molecule has 7 nitrogen and oxygen atoms in total. The summed E-state index contributed by atoms with van der Waals surface area (Å²) in [6, 6.07) is 6.99. The molecule has 2 rings (SSSR count). The summed E-state index contributed by atoms with van der Waals surface area (Å²) in [5, 5.41) is 5.18. The summed E-state index contributed by atoms with van der Waals surface area (Å²) in [7, 11) is 1.59. The second kappa shape index (κ2) is 10.9. The Morgan fingerprint density at radius 2 is 2.11 bits per heavy atom. The summed E-state index contributed by atoms with van der Waals surface area (Å²) < 4.78 is 5.30. The van der Waals surface area contributed by atoms with Gasteiger partial charge in [0.15, 0.2) is 0 Å². The number of carbonyl (C=O) groups is 3. The molecule has 1 saturated heterocycles. The number of anilines is 2. The van der Waals surface area contributed by atoms with Crippen molar-refractivity contribution in [3.05, 3.63) is 24.3 Å². The van der Waals surface area contributed by atoms with Gasteiger partial charge < -0.3 is 20.3 Å². The summed E-state index contributed by atoms with van der Waals surface area (Å²) in [5.74, 6) is -0.446. The van der Waals surface area contributed by atoms with E-state index in [0.29, 0.717) is 18.7 Å². The summed E-state index contributed by atoms with van der Waals surface area (Å²) in [6.07, 6.45) is 5.09. The van der Waals surface area contributed by atoms with Crippen LogP contribution in [0.25, 0.3) is 0 Å². The van der Waals surface area contributed by atoms with Gasteiger partial charge in [0.2, 0.25) is 5.91 Å². The van der Waals surface area contributed by atoms with Crippen molar-refractivity contribution >= 4 is 40.9 Å². The average molecular weight is 394 g/mol. The smallest absolute Gasteiger partial charge is 0.313 e. The number of piperidine rings is 1. The van der Waals surface area contributed by atoms with Gasteiger partial charge in [-0.3, -0.25) is 14.4 Å². The molecule has 0 aliphatic carbocycles. The van der Waals surface area contributed by atoms with Crippen LogP contribution in [0.15, 0.2) is 24.3 Å². The first kappa shape index (κ1) is 21.2.